The van der Waals surface area contributed by atoms with Gasteiger partial charge in [0.1, 0.15) is 5.82 Å². The minimum atomic E-state index is -0.447. The van der Waals surface area contributed by atoms with Gasteiger partial charge in [0.25, 0.3) is 0 Å². The summed E-state index contributed by atoms with van der Waals surface area (Å²) in [7, 11) is 1.52. The molecule has 0 spiro atoms. The summed E-state index contributed by atoms with van der Waals surface area (Å²) in [4.78, 5) is 25.8. The summed E-state index contributed by atoms with van der Waals surface area (Å²) in [5.74, 6) is 0.958. The predicted octanol–water partition coefficient (Wildman–Crippen LogP) is 6.17. The van der Waals surface area contributed by atoms with Crippen LogP contribution in [0.1, 0.15) is 55.9 Å². The lowest BCUT2D eigenvalue weighted by atomic mass is 9.93. The Hall–Kier alpha value is -4.24. The van der Waals surface area contributed by atoms with E-state index in [-0.39, 0.29) is 6.04 Å². The Morgan fingerprint density at radius 3 is 2.71 bits per heavy atom. The van der Waals surface area contributed by atoms with E-state index in [2.05, 4.69) is 76.9 Å². The van der Waals surface area contributed by atoms with Gasteiger partial charge in [0.15, 0.2) is 11.6 Å². The second kappa shape index (κ2) is 13.0. The van der Waals surface area contributed by atoms with Crippen LogP contribution < -0.4 is 15.0 Å². The van der Waals surface area contributed by atoms with Gasteiger partial charge < -0.3 is 24.4 Å². The maximum absolute atomic E-state index is 14.0. The number of nitrogens with zero attached hydrogens (tertiary/aromatic N) is 5. The summed E-state index contributed by atoms with van der Waals surface area (Å²) in [6.07, 6.45) is 6.34. The number of piperazine rings is 1. The van der Waals surface area contributed by atoms with Crippen LogP contribution in [0.5, 0.6) is 5.75 Å². The standard InChI is InChI=1S/C36H43FN6O2/c1-6-31-29(10-9-24(4)40-31)30-15-26(14-27-16-32(25-8-7-11-38-18-25)43(35(27)30)20-23(2)3)33-21-41(12-13-42(33)22-44)36-34(45-5)17-28(37)19-39-36/h8-10,14-17,19,22-23,33,38H,6-7,11-13,18,20-21H2,1-5H3. The highest BCUT2D eigenvalue weighted by Gasteiger charge is 2.31. The maximum atomic E-state index is 14.0. The molecule has 4 aromatic rings. The molecule has 1 atom stereocenters. The van der Waals surface area contributed by atoms with Crippen LogP contribution in [0.4, 0.5) is 10.2 Å². The number of rotatable bonds is 9. The second-order valence-electron chi connectivity index (χ2n) is 12.5. The fourth-order valence-electron chi connectivity index (χ4n) is 6.83. The van der Waals surface area contributed by atoms with Crippen molar-refractivity contribution in [3.63, 3.8) is 0 Å². The number of amides is 1. The van der Waals surface area contributed by atoms with Gasteiger partial charge in [0.2, 0.25) is 6.41 Å². The number of pyridine rings is 2. The van der Waals surface area contributed by atoms with E-state index in [1.807, 2.05) is 11.8 Å². The number of aromatic nitrogens is 3. The van der Waals surface area contributed by atoms with Crippen LogP contribution in [0.15, 0.2) is 48.7 Å². The molecule has 1 N–H and O–H groups in total. The van der Waals surface area contributed by atoms with E-state index in [1.54, 1.807) is 0 Å². The van der Waals surface area contributed by atoms with E-state index in [0.717, 1.165) is 72.4 Å². The van der Waals surface area contributed by atoms with Gasteiger partial charge in [-0.25, -0.2) is 9.37 Å². The van der Waals surface area contributed by atoms with Crippen molar-refractivity contribution >= 4 is 28.7 Å². The Morgan fingerprint density at radius 1 is 1.16 bits per heavy atom. The van der Waals surface area contributed by atoms with Crippen molar-refractivity contribution in [2.24, 2.45) is 5.92 Å². The largest absolute Gasteiger partial charge is 0.493 e. The molecule has 236 valence electrons. The average molecular weight is 611 g/mol. The minimum absolute atomic E-state index is 0.244. The van der Waals surface area contributed by atoms with Crippen molar-refractivity contribution in [2.75, 3.05) is 44.7 Å². The first-order valence-corrected chi connectivity index (χ1v) is 16.0. The van der Waals surface area contributed by atoms with Crippen LogP contribution in [-0.4, -0.2) is 65.7 Å². The van der Waals surface area contributed by atoms with Crippen molar-refractivity contribution < 1.29 is 13.9 Å². The van der Waals surface area contributed by atoms with Gasteiger partial charge in [-0.15, -0.1) is 0 Å². The smallest absolute Gasteiger partial charge is 0.210 e. The Kier molecular flexibility index (Phi) is 8.90. The van der Waals surface area contributed by atoms with Crippen LogP contribution in [0.3, 0.4) is 0 Å². The topological polar surface area (TPSA) is 75.5 Å². The number of aryl methyl sites for hydroxylation is 2. The fourth-order valence-corrected chi connectivity index (χ4v) is 6.83. The lowest BCUT2D eigenvalue weighted by molar-refractivity contribution is -0.120. The fraction of sp³-hybridized carbons (Fsp3) is 0.417. The van der Waals surface area contributed by atoms with Gasteiger partial charge in [-0.05, 0) is 67.6 Å². The van der Waals surface area contributed by atoms with Gasteiger partial charge in [0, 0.05) is 72.4 Å². The summed E-state index contributed by atoms with van der Waals surface area (Å²) in [5, 5.41) is 4.70. The molecule has 6 rings (SSSR count). The first-order chi connectivity index (χ1) is 21.8. The highest BCUT2D eigenvalue weighted by molar-refractivity contribution is 5.98. The molecule has 0 saturated carbocycles. The number of carbonyl (C=O) groups excluding carboxylic acids is 1. The highest BCUT2D eigenvalue weighted by atomic mass is 19.1. The molecule has 1 saturated heterocycles. The van der Waals surface area contributed by atoms with Gasteiger partial charge >= 0.3 is 0 Å². The summed E-state index contributed by atoms with van der Waals surface area (Å²) in [6.45, 7) is 13.0. The Morgan fingerprint density at radius 2 is 2.00 bits per heavy atom. The van der Waals surface area contributed by atoms with Crippen LogP contribution in [0.25, 0.3) is 27.6 Å². The summed E-state index contributed by atoms with van der Waals surface area (Å²) in [5.41, 5.74) is 9.09. The molecule has 1 aromatic carbocycles. The molecular formula is C36H43FN6O2. The number of benzene rings is 1. The normalized spacial score (nSPS) is 17.2. The van der Waals surface area contributed by atoms with Gasteiger partial charge in [-0.1, -0.05) is 32.9 Å². The van der Waals surface area contributed by atoms with Crippen molar-refractivity contribution in [2.45, 2.75) is 53.1 Å². The number of nitrogens with one attached hydrogen (secondary N) is 1. The third kappa shape index (κ3) is 6.06. The van der Waals surface area contributed by atoms with Crippen LogP contribution in [0.2, 0.25) is 0 Å². The quantitative estimate of drug-likeness (QED) is 0.229. The summed E-state index contributed by atoms with van der Waals surface area (Å²) < 4.78 is 22.0. The van der Waals surface area contributed by atoms with Gasteiger partial charge in [0.05, 0.1) is 24.9 Å². The molecule has 0 radical (unpaired) electrons. The van der Waals surface area contributed by atoms with Gasteiger partial charge in [-0.2, -0.15) is 0 Å². The number of fused-ring (bicyclic) bond motifs is 1. The molecule has 1 fully saturated rings. The third-order valence-corrected chi connectivity index (χ3v) is 8.92. The number of anilines is 1. The molecule has 9 heteroatoms. The van der Waals surface area contributed by atoms with Crippen molar-refractivity contribution in [1.29, 1.82) is 0 Å². The molecule has 0 aliphatic carbocycles. The number of halogens is 1. The number of hydrogen-bond donors (Lipinski definition) is 1. The van der Waals surface area contributed by atoms with E-state index < -0.39 is 5.82 Å². The van der Waals surface area contributed by atoms with Crippen molar-refractivity contribution in [1.82, 2.24) is 24.8 Å². The summed E-state index contributed by atoms with van der Waals surface area (Å²) in [6, 6.07) is 12.2. The monoisotopic (exact) mass is 610 g/mol. The molecule has 2 aliphatic rings. The maximum Gasteiger partial charge on any atom is 0.210 e. The zero-order valence-electron chi connectivity index (χ0n) is 26.9. The third-order valence-electron chi connectivity index (χ3n) is 8.92. The zero-order chi connectivity index (χ0) is 31.7. The average Bonchev–Trinajstić information content (AvgIpc) is 3.41. The molecule has 45 heavy (non-hydrogen) atoms. The minimum Gasteiger partial charge on any atom is -0.493 e. The number of methoxy groups -OCH3 is 1. The van der Waals surface area contributed by atoms with E-state index in [0.29, 0.717) is 37.1 Å². The van der Waals surface area contributed by atoms with Crippen molar-refractivity contribution in [3.8, 4) is 16.9 Å². The van der Waals surface area contributed by atoms with Crippen molar-refractivity contribution in [3.05, 3.63) is 77.1 Å². The number of carbonyl (C=O) groups is 1. The molecular weight excluding hydrogens is 567 g/mol. The SMILES string of the molecule is CCc1nc(C)ccc1-c1cc(C2CN(c3ncc(F)cc3OC)CCN2C=O)cc2cc(C3=CCCNC3)n(CC(C)C)c12. The first-order valence-electron chi connectivity index (χ1n) is 16.0. The zero-order valence-corrected chi connectivity index (χ0v) is 26.9. The Bertz CT molecular complexity index is 1750. The second-order valence-corrected chi connectivity index (χ2v) is 12.5. The molecule has 1 unspecified atom stereocenters. The predicted molar refractivity (Wildman–Crippen MR) is 178 cm³/mol. The van der Waals surface area contributed by atoms with Crippen LogP contribution >= 0.6 is 0 Å². The lowest BCUT2D eigenvalue weighted by Crippen LogP contribution is -2.48. The lowest BCUT2D eigenvalue weighted by Gasteiger charge is -2.40. The first kappa shape index (κ1) is 30.8. The summed E-state index contributed by atoms with van der Waals surface area (Å²) >= 11 is 0. The highest BCUT2D eigenvalue weighted by Crippen LogP contribution is 2.40. The van der Waals surface area contributed by atoms with E-state index in [9.17, 15) is 9.18 Å². The Balaban J connectivity index is 1.56. The van der Waals surface area contributed by atoms with Gasteiger partial charge in [-0.3, -0.25) is 9.78 Å². The van der Waals surface area contributed by atoms with Crippen LogP contribution in [-0.2, 0) is 17.8 Å². The van der Waals surface area contributed by atoms with E-state index in [4.69, 9.17) is 9.72 Å². The number of ether oxygens (including phenoxy) is 1. The molecule has 0 bridgehead atoms. The molecule has 1 amide bonds. The molecule has 5 heterocycles. The molecule has 8 nitrogen and oxygen atoms in total. The van der Waals surface area contributed by atoms with E-state index in [1.165, 1.54) is 36.2 Å². The van der Waals surface area contributed by atoms with Crippen LogP contribution in [0, 0.1) is 18.7 Å². The molecule has 3 aromatic heterocycles. The number of hydrogen-bond acceptors (Lipinski definition) is 6. The Labute approximate surface area is 264 Å². The molecule has 2 aliphatic heterocycles. The van der Waals surface area contributed by atoms with E-state index >= 15 is 0 Å².